The van der Waals surface area contributed by atoms with Crippen molar-refractivity contribution in [1.29, 1.82) is 0 Å². The van der Waals surface area contributed by atoms with Gasteiger partial charge in [-0.15, -0.1) is 0 Å². The lowest BCUT2D eigenvalue weighted by Gasteiger charge is -2.13. The number of carboxylic acids is 1. The highest BCUT2D eigenvalue weighted by molar-refractivity contribution is 9.10. The molecule has 0 heterocycles. The van der Waals surface area contributed by atoms with Gasteiger partial charge in [0, 0.05) is 4.47 Å². The molecule has 0 radical (unpaired) electrons. The SMILES string of the molecule is CCCCCCCCCC(C(=O)O)c1cccc(Br)c1. The largest absolute Gasteiger partial charge is 0.481 e. The first-order chi connectivity index (χ1) is 9.65. The lowest BCUT2D eigenvalue weighted by Crippen LogP contribution is -2.11. The van der Waals surface area contributed by atoms with Crippen LogP contribution in [0.15, 0.2) is 28.7 Å². The molecule has 1 aromatic carbocycles. The van der Waals surface area contributed by atoms with Crippen molar-refractivity contribution in [3.05, 3.63) is 34.3 Å². The molecule has 1 unspecified atom stereocenters. The van der Waals surface area contributed by atoms with Crippen LogP contribution in [-0.4, -0.2) is 11.1 Å². The minimum absolute atomic E-state index is 0.372. The van der Waals surface area contributed by atoms with E-state index in [4.69, 9.17) is 0 Å². The van der Waals surface area contributed by atoms with Crippen LogP contribution in [0.1, 0.15) is 69.8 Å². The first-order valence-electron chi connectivity index (χ1n) is 7.63. The summed E-state index contributed by atoms with van der Waals surface area (Å²) in [6.45, 7) is 2.22. The van der Waals surface area contributed by atoms with Gasteiger partial charge in [0.1, 0.15) is 0 Å². The zero-order valence-electron chi connectivity index (χ0n) is 12.3. The molecule has 1 aromatic rings. The van der Waals surface area contributed by atoms with Gasteiger partial charge in [0.05, 0.1) is 5.92 Å². The van der Waals surface area contributed by atoms with Gasteiger partial charge in [-0.05, 0) is 24.1 Å². The van der Waals surface area contributed by atoms with Gasteiger partial charge in [0.25, 0.3) is 0 Å². The Morgan fingerprint density at radius 2 is 1.80 bits per heavy atom. The van der Waals surface area contributed by atoms with Gasteiger partial charge in [-0.2, -0.15) is 0 Å². The Balaban J connectivity index is 2.35. The summed E-state index contributed by atoms with van der Waals surface area (Å²) in [7, 11) is 0. The molecule has 1 rings (SSSR count). The van der Waals surface area contributed by atoms with E-state index >= 15 is 0 Å². The van der Waals surface area contributed by atoms with Crippen LogP contribution in [0.5, 0.6) is 0 Å². The highest BCUT2D eigenvalue weighted by Gasteiger charge is 2.19. The molecule has 0 bridgehead atoms. The van der Waals surface area contributed by atoms with Crippen molar-refractivity contribution in [2.75, 3.05) is 0 Å². The first kappa shape index (κ1) is 17.2. The Morgan fingerprint density at radius 1 is 1.15 bits per heavy atom. The van der Waals surface area contributed by atoms with Gasteiger partial charge in [0.2, 0.25) is 0 Å². The minimum atomic E-state index is -0.714. The third kappa shape index (κ3) is 6.56. The number of carbonyl (C=O) groups is 1. The molecule has 0 aliphatic heterocycles. The topological polar surface area (TPSA) is 37.3 Å². The van der Waals surface area contributed by atoms with Gasteiger partial charge in [-0.1, -0.05) is 79.9 Å². The average molecular weight is 341 g/mol. The number of benzene rings is 1. The molecule has 112 valence electrons. The van der Waals surface area contributed by atoms with E-state index in [1.54, 1.807) is 0 Å². The summed E-state index contributed by atoms with van der Waals surface area (Å²) in [6, 6.07) is 7.65. The van der Waals surface area contributed by atoms with E-state index in [9.17, 15) is 9.90 Å². The van der Waals surface area contributed by atoms with Crippen molar-refractivity contribution in [2.45, 2.75) is 64.2 Å². The highest BCUT2D eigenvalue weighted by Crippen LogP contribution is 2.25. The summed E-state index contributed by atoms with van der Waals surface area (Å²) in [5.74, 6) is -1.09. The van der Waals surface area contributed by atoms with Crippen LogP contribution in [0.25, 0.3) is 0 Å². The summed E-state index contributed by atoms with van der Waals surface area (Å²) < 4.78 is 0.945. The van der Waals surface area contributed by atoms with Gasteiger partial charge in [-0.3, -0.25) is 4.79 Å². The van der Waals surface area contributed by atoms with Crippen LogP contribution in [0.4, 0.5) is 0 Å². The monoisotopic (exact) mass is 340 g/mol. The molecule has 20 heavy (non-hydrogen) atoms. The maximum absolute atomic E-state index is 11.4. The molecular formula is C17H25BrO2. The molecule has 0 amide bonds. The van der Waals surface area contributed by atoms with E-state index in [0.29, 0.717) is 0 Å². The first-order valence-corrected chi connectivity index (χ1v) is 8.42. The number of hydrogen-bond acceptors (Lipinski definition) is 1. The van der Waals surface area contributed by atoms with Crippen LogP contribution in [0, 0.1) is 0 Å². The lowest BCUT2D eigenvalue weighted by molar-refractivity contribution is -0.139. The number of hydrogen-bond donors (Lipinski definition) is 1. The van der Waals surface area contributed by atoms with Crippen molar-refractivity contribution >= 4 is 21.9 Å². The van der Waals surface area contributed by atoms with E-state index in [1.165, 1.54) is 32.1 Å². The second-order valence-corrected chi connectivity index (χ2v) is 6.27. The molecular weight excluding hydrogens is 316 g/mol. The second-order valence-electron chi connectivity index (χ2n) is 5.36. The minimum Gasteiger partial charge on any atom is -0.481 e. The van der Waals surface area contributed by atoms with Crippen molar-refractivity contribution in [3.8, 4) is 0 Å². The fourth-order valence-corrected chi connectivity index (χ4v) is 2.88. The van der Waals surface area contributed by atoms with Crippen molar-refractivity contribution in [1.82, 2.24) is 0 Å². The van der Waals surface area contributed by atoms with Crippen LogP contribution < -0.4 is 0 Å². The lowest BCUT2D eigenvalue weighted by atomic mass is 9.93. The fraction of sp³-hybridized carbons (Fsp3) is 0.588. The Labute approximate surface area is 130 Å². The zero-order chi connectivity index (χ0) is 14.8. The van der Waals surface area contributed by atoms with Gasteiger partial charge >= 0.3 is 5.97 Å². The molecule has 0 saturated carbocycles. The predicted octanol–water partition coefficient (Wildman–Crippen LogP) is 5.76. The van der Waals surface area contributed by atoms with E-state index in [0.717, 1.165) is 29.3 Å². The van der Waals surface area contributed by atoms with Crippen LogP contribution in [0.3, 0.4) is 0 Å². The van der Waals surface area contributed by atoms with E-state index < -0.39 is 5.97 Å². The van der Waals surface area contributed by atoms with E-state index in [1.807, 2.05) is 24.3 Å². The molecule has 1 atom stereocenters. The van der Waals surface area contributed by atoms with E-state index in [-0.39, 0.29) is 5.92 Å². The summed E-state index contributed by atoms with van der Waals surface area (Å²) in [5, 5.41) is 9.37. The third-order valence-electron chi connectivity index (χ3n) is 3.65. The third-order valence-corrected chi connectivity index (χ3v) is 4.14. The molecule has 0 saturated heterocycles. The van der Waals surface area contributed by atoms with Gasteiger partial charge in [-0.25, -0.2) is 0 Å². The summed E-state index contributed by atoms with van der Waals surface area (Å²) in [4.78, 5) is 11.4. The van der Waals surface area contributed by atoms with Gasteiger partial charge in [0.15, 0.2) is 0 Å². The molecule has 0 aliphatic rings. The standard InChI is InChI=1S/C17H25BrO2/c1-2-3-4-5-6-7-8-12-16(17(19)20)14-10-9-11-15(18)13-14/h9-11,13,16H,2-8,12H2,1H3,(H,19,20). The van der Waals surface area contributed by atoms with E-state index in [2.05, 4.69) is 22.9 Å². The highest BCUT2D eigenvalue weighted by atomic mass is 79.9. The Hall–Kier alpha value is -0.830. The maximum Gasteiger partial charge on any atom is 0.310 e. The zero-order valence-corrected chi connectivity index (χ0v) is 13.9. The number of halogens is 1. The smallest absolute Gasteiger partial charge is 0.310 e. The number of aliphatic carboxylic acids is 1. The Kier molecular flexibility index (Phi) is 8.59. The molecule has 1 N–H and O–H groups in total. The average Bonchev–Trinajstić information content (AvgIpc) is 2.41. The van der Waals surface area contributed by atoms with Crippen LogP contribution in [0.2, 0.25) is 0 Å². The second kappa shape index (κ2) is 9.98. The Bertz CT molecular complexity index is 404. The number of unbranched alkanes of at least 4 members (excludes halogenated alkanes) is 6. The molecule has 0 aromatic heterocycles. The normalized spacial score (nSPS) is 12.3. The van der Waals surface area contributed by atoms with Crippen molar-refractivity contribution < 1.29 is 9.90 Å². The molecule has 0 fully saturated rings. The summed E-state index contributed by atoms with van der Waals surface area (Å²) in [5.41, 5.74) is 0.901. The van der Waals surface area contributed by atoms with Crippen molar-refractivity contribution in [2.24, 2.45) is 0 Å². The quantitative estimate of drug-likeness (QED) is 0.550. The molecule has 2 nitrogen and oxygen atoms in total. The predicted molar refractivity (Wildman–Crippen MR) is 87.1 cm³/mol. The number of carboxylic acid groups (broad SMARTS) is 1. The molecule has 0 aliphatic carbocycles. The van der Waals surface area contributed by atoms with Gasteiger partial charge < -0.3 is 5.11 Å². The summed E-state index contributed by atoms with van der Waals surface area (Å²) in [6.07, 6.45) is 9.27. The molecule has 0 spiro atoms. The van der Waals surface area contributed by atoms with Crippen molar-refractivity contribution in [3.63, 3.8) is 0 Å². The maximum atomic E-state index is 11.4. The Morgan fingerprint density at radius 3 is 2.40 bits per heavy atom. The summed E-state index contributed by atoms with van der Waals surface area (Å²) >= 11 is 3.40. The molecule has 3 heteroatoms. The van der Waals surface area contributed by atoms with Crippen LogP contribution >= 0.6 is 15.9 Å². The van der Waals surface area contributed by atoms with Crippen LogP contribution in [-0.2, 0) is 4.79 Å². The number of rotatable bonds is 10. The fourth-order valence-electron chi connectivity index (χ4n) is 2.46.